The molecule has 1 aromatic heterocycles. The normalized spacial score (nSPS) is 9.28. The summed E-state index contributed by atoms with van der Waals surface area (Å²) in [5.41, 5.74) is 4.20. The fourth-order valence-electron chi connectivity index (χ4n) is 2.20. The Balaban J connectivity index is 0.000000173. The molecule has 0 aliphatic carbocycles. The number of hydrogen-bond donors (Lipinski definition) is 0. The molecule has 1 heterocycles. The molecular formula is C23H16IrN. The second-order valence-electron chi connectivity index (χ2n) is 5.04. The van der Waals surface area contributed by atoms with Gasteiger partial charge in [-0.2, -0.15) is 48.5 Å². The molecule has 0 fully saturated rings. The topological polar surface area (TPSA) is 12.9 Å². The van der Waals surface area contributed by atoms with E-state index in [1.165, 1.54) is 0 Å². The van der Waals surface area contributed by atoms with Crippen molar-refractivity contribution in [1.82, 2.24) is 4.98 Å². The van der Waals surface area contributed by atoms with E-state index in [4.69, 9.17) is 0 Å². The second-order valence-corrected chi connectivity index (χ2v) is 5.04. The quantitative estimate of drug-likeness (QED) is 0.333. The minimum Gasteiger partial charge on any atom is -0.305 e. The Hall–Kier alpha value is -2.54. The molecule has 1 nitrogen and oxygen atoms in total. The Morgan fingerprint density at radius 1 is 0.520 bits per heavy atom. The van der Waals surface area contributed by atoms with Gasteiger partial charge in [-0.05, 0) is 11.8 Å². The smallest absolute Gasteiger partial charge is 0.305 e. The summed E-state index contributed by atoms with van der Waals surface area (Å²) >= 11 is 0. The predicted octanol–water partition coefficient (Wildman–Crippen LogP) is 5.50. The van der Waals surface area contributed by atoms with Crippen molar-refractivity contribution in [3.05, 3.63) is 115 Å². The monoisotopic (exact) mass is 499 g/mol. The van der Waals surface area contributed by atoms with Gasteiger partial charge in [0.05, 0.1) is 0 Å². The van der Waals surface area contributed by atoms with Gasteiger partial charge >= 0.3 is 20.1 Å². The molecule has 0 amide bonds. The molecule has 0 unspecified atom stereocenters. The van der Waals surface area contributed by atoms with Crippen LogP contribution < -0.4 is 0 Å². The van der Waals surface area contributed by atoms with Crippen molar-refractivity contribution in [3.8, 4) is 22.4 Å². The van der Waals surface area contributed by atoms with Crippen molar-refractivity contribution in [3.63, 3.8) is 0 Å². The van der Waals surface area contributed by atoms with Crippen molar-refractivity contribution < 1.29 is 20.1 Å². The van der Waals surface area contributed by atoms with Crippen LogP contribution in [-0.4, -0.2) is 4.98 Å². The minimum absolute atomic E-state index is 0. The van der Waals surface area contributed by atoms with Gasteiger partial charge in [-0.25, -0.2) is 11.1 Å². The summed E-state index contributed by atoms with van der Waals surface area (Å²) in [6.07, 6.45) is 1.79. The number of rotatable bonds is 2. The summed E-state index contributed by atoms with van der Waals surface area (Å²) in [6.45, 7) is 0. The van der Waals surface area contributed by atoms with Crippen LogP contribution in [0.3, 0.4) is 0 Å². The van der Waals surface area contributed by atoms with Gasteiger partial charge in [0.2, 0.25) is 0 Å². The standard InChI is InChI=1S/C12H8.C11H8N.Ir/c1-3-7-11(8-4-1)12-9-5-2-6-10-12;1-2-6-10(7-3-1)11-8-4-5-9-12-11;/h1-7,9H;1-6,8-9H;/q-2;-1;+3. The van der Waals surface area contributed by atoms with E-state index in [0.717, 1.165) is 22.4 Å². The van der Waals surface area contributed by atoms with Gasteiger partial charge in [-0.15, -0.1) is 48.0 Å². The molecule has 0 aliphatic heterocycles. The van der Waals surface area contributed by atoms with Crippen molar-refractivity contribution >= 4 is 0 Å². The number of hydrogen-bond acceptors (Lipinski definition) is 1. The van der Waals surface area contributed by atoms with Crippen molar-refractivity contribution in [2.24, 2.45) is 0 Å². The van der Waals surface area contributed by atoms with Crippen molar-refractivity contribution in [1.29, 1.82) is 0 Å². The van der Waals surface area contributed by atoms with E-state index in [9.17, 15) is 0 Å². The van der Waals surface area contributed by atoms with Crippen LogP contribution in [0, 0.1) is 18.2 Å². The summed E-state index contributed by atoms with van der Waals surface area (Å²) in [4.78, 5) is 4.22. The molecule has 4 rings (SSSR count). The molecule has 3 aromatic carbocycles. The molecule has 0 bridgehead atoms. The zero-order chi connectivity index (χ0) is 16.5. The first-order valence-electron chi connectivity index (χ1n) is 7.75. The van der Waals surface area contributed by atoms with Gasteiger partial charge < -0.3 is 4.98 Å². The first kappa shape index (κ1) is 18.8. The van der Waals surface area contributed by atoms with Crippen LogP contribution in [0.5, 0.6) is 0 Å². The molecule has 0 spiro atoms. The molecule has 2 heteroatoms. The van der Waals surface area contributed by atoms with Crippen LogP contribution in [0.25, 0.3) is 22.4 Å². The summed E-state index contributed by atoms with van der Waals surface area (Å²) in [7, 11) is 0. The first-order chi connectivity index (χ1) is 11.9. The molecule has 122 valence electrons. The number of aromatic nitrogens is 1. The van der Waals surface area contributed by atoms with Crippen LogP contribution >= 0.6 is 0 Å². The summed E-state index contributed by atoms with van der Waals surface area (Å²) in [5.74, 6) is 0. The Kier molecular flexibility index (Phi) is 7.78. The van der Waals surface area contributed by atoms with Crippen LogP contribution in [-0.2, 0) is 20.1 Å². The maximum atomic E-state index is 4.22. The number of pyridine rings is 1. The minimum atomic E-state index is 0. The average Bonchev–Trinajstić information content (AvgIpc) is 2.71. The Labute approximate surface area is 162 Å². The van der Waals surface area contributed by atoms with Gasteiger partial charge in [0.1, 0.15) is 0 Å². The Morgan fingerprint density at radius 3 is 1.40 bits per heavy atom. The van der Waals surface area contributed by atoms with Gasteiger partial charge in [0, 0.05) is 6.20 Å². The molecule has 0 radical (unpaired) electrons. The third kappa shape index (κ3) is 5.79. The fourth-order valence-corrected chi connectivity index (χ4v) is 2.20. The third-order valence-electron chi connectivity index (χ3n) is 3.36. The average molecular weight is 499 g/mol. The molecule has 4 aromatic rings. The zero-order valence-electron chi connectivity index (χ0n) is 13.5. The first-order valence-corrected chi connectivity index (χ1v) is 7.75. The van der Waals surface area contributed by atoms with E-state index in [-0.39, 0.29) is 20.1 Å². The molecule has 0 aliphatic rings. The van der Waals surface area contributed by atoms with Gasteiger partial charge in [-0.1, -0.05) is 12.1 Å². The van der Waals surface area contributed by atoms with E-state index in [0.29, 0.717) is 0 Å². The largest absolute Gasteiger partial charge is 3.00 e. The maximum Gasteiger partial charge on any atom is 3.00 e. The van der Waals surface area contributed by atoms with E-state index >= 15 is 0 Å². The van der Waals surface area contributed by atoms with Gasteiger partial charge in [0.15, 0.2) is 0 Å². The summed E-state index contributed by atoms with van der Waals surface area (Å²) in [6, 6.07) is 39.0. The molecule has 0 saturated heterocycles. The van der Waals surface area contributed by atoms with Crippen LogP contribution in [0.15, 0.2) is 97.2 Å². The predicted molar refractivity (Wildman–Crippen MR) is 98.1 cm³/mol. The molecule has 0 saturated carbocycles. The van der Waals surface area contributed by atoms with Crippen LogP contribution in [0.4, 0.5) is 0 Å². The van der Waals surface area contributed by atoms with E-state index in [1.807, 2.05) is 91.0 Å². The maximum absolute atomic E-state index is 4.22. The van der Waals surface area contributed by atoms with Crippen molar-refractivity contribution in [2.75, 3.05) is 0 Å². The van der Waals surface area contributed by atoms with Crippen LogP contribution in [0.1, 0.15) is 0 Å². The Morgan fingerprint density at radius 2 is 1.00 bits per heavy atom. The third-order valence-corrected chi connectivity index (χ3v) is 3.36. The van der Waals surface area contributed by atoms with Gasteiger partial charge in [0.25, 0.3) is 0 Å². The molecule has 0 atom stereocenters. The van der Waals surface area contributed by atoms with E-state index < -0.39 is 0 Å². The van der Waals surface area contributed by atoms with Crippen molar-refractivity contribution in [2.45, 2.75) is 0 Å². The fraction of sp³-hybridized carbons (Fsp3) is 0. The number of benzene rings is 3. The molecular weight excluding hydrogens is 482 g/mol. The Bertz CT molecular complexity index is 682. The zero-order valence-corrected chi connectivity index (χ0v) is 15.9. The van der Waals surface area contributed by atoms with E-state index in [2.05, 4.69) is 23.2 Å². The number of nitrogens with zero attached hydrogens (tertiary/aromatic N) is 1. The van der Waals surface area contributed by atoms with E-state index in [1.54, 1.807) is 6.20 Å². The molecule has 0 N–H and O–H groups in total. The second kappa shape index (κ2) is 10.4. The SMILES string of the molecule is [Ir+3].[c-]1ccccc1-c1[c-]cccc1.[c-]1ccccc1-c1ccccn1. The van der Waals surface area contributed by atoms with Crippen LogP contribution in [0.2, 0.25) is 0 Å². The summed E-state index contributed by atoms with van der Waals surface area (Å²) < 4.78 is 0. The summed E-state index contributed by atoms with van der Waals surface area (Å²) in [5, 5.41) is 0. The molecule has 25 heavy (non-hydrogen) atoms. The van der Waals surface area contributed by atoms with Gasteiger partial charge in [-0.3, -0.25) is 0 Å².